The molecule has 7 heteroatoms. The second kappa shape index (κ2) is 8.94. The number of furan rings is 1. The summed E-state index contributed by atoms with van der Waals surface area (Å²) in [7, 11) is 0. The van der Waals surface area contributed by atoms with Gasteiger partial charge in [-0.2, -0.15) is 0 Å². The summed E-state index contributed by atoms with van der Waals surface area (Å²) in [6, 6.07) is 20.2. The normalized spacial score (nSPS) is 12.8. The first kappa shape index (κ1) is 21.6. The van der Waals surface area contributed by atoms with E-state index in [1.54, 1.807) is 29.2 Å². The second-order valence-electron chi connectivity index (χ2n) is 8.09. The zero-order valence-corrected chi connectivity index (χ0v) is 18.1. The van der Waals surface area contributed by atoms with Crippen LogP contribution in [0.25, 0.3) is 11.3 Å². The highest BCUT2D eigenvalue weighted by atomic mass is 19.1. The molecule has 0 atom stereocenters. The lowest BCUT2D eigenvalue weighted by Crippen LogP contribution is -2.35. The van der Waals surface area contributed by atoms with Crippen molar-refractivity contribution in [3.8, 4) is 11.3 Å². The van der Waals surface area contributed by atoms with Crippen LogP contribution in [0.4, 0.5) is 14.5 Å². The number of benzene rings is 3. The topological polar surface area (TPSA) is 62.6 Å². The van der Waals surface area contributed by atoms with Gasteiger partial charge in [0.2, 0.25) is 0 Å². The third kappa shape index (κ3) is 4.45. The van der Waals surface area contributed by atoms with Crippen LogP contribution >= 0.6 is 0 Å². The molecular formula is C27H20F2N2O3. The van der Waals surface area contributed by atoms with E-state index in [4.69, 9.17) is 4.42 Å². The van der Waals surface area contributed by atoms with Crippen LogP contribution in [-0.2, 0) is 13.0 Å². The van der Waals surface area contributed by atoms with Gasteiger partial charge in [-0.1, -0.05) is 12.1 Å². The van der Waals surface area contributed by atoms with E-state index in [1.807, 2.05) is 18.2 Å². The fourth-order valence-corrected chi connectivity index (χ4v) is 4.00. The van der Waals surface area contributed by atoms with Crippen LogP contribution < -0.4 is 5.32 Å². The molecule has 1 aromatic heterocycles. The Hall–Kier alpha value is -4.26. The van der Waals surface area contributed by atoms with Crippen molar-refractivity contribution in [2.75, 3.05) is 11.9 Å². The molecule has 1 aliphatic rings. The molecule has 0 bridgehead atoms. The summed E-state index contributed by atoms with van der Waals surface area (Å²) >= 11 is 0. The molecule has 0 spiro atoms. The summed E-state index contributed by atoms with van der Waals surface area (Å²) in [6.45, 7) is 0.871. The molecule has 2 heterocycles. The van der Waals surface area contributed by atoms with E-state index in [2.05, 4.69) is 5.32 Å². The second-order valence-corrected chi connectivity index (χ2v) is 8.09. The van der Waals surface area contributed by atoms with Crippen molar-refractivity contribution >= 4 is 17.5 Å². The van der Waals surface area contributed by atoms with Crippen molar-refractivity contribution in [3.05, 3.63) is 113 Å². The van der Waals surface area contributed by atoms with Crippen LogP contribution in [0.3, 0.4) is 0 Å². The lowest BCUT2D eigenvalue weighted by Gasteiger charge is -2.26. The van der Waals surface area contributed by atoms with Crippen molar-refractivity contribution in [2.24, 2.45) is 0 Å². The molecule has 0 saturated carbocycles. The summed E-state index contributed by atoms with van der Waals surface area (Å²) < 4.78 is 32.9. The molecule has 0 radical (unpaired) electrons. The van der Waals surface area contributed by atoms with Crippen molar-refractivity contribution in [1.29, 1.82) is 0 Å². The number of nitrogens with one attached hydrogen (secondary N) is 1. The van der Waals surface area contributed by atoms with Gasteiger partial charge in [0.25, 0.3) is 11.8 Å². The number of hydrogen-bond donors (Lipinski definition) is 1. The number of hydrogen-bond acceptors (Lipinski definition) is 3. The van der Waals surface area contributed by atoms with E-state index in [9.17, 15) is 18.4 Å². The molecule has 1 N–H and O–H groups in total. The van der Waals surface area contributed by atoms with Gasteiger partial charge in [0.05, 0.1) is 0 Å². The van der Waals surface area contributed by atoms with Crippen LogP contribution in [-0.4, -0.2) is 23.3 Å². The molecule has 4 aromatic rings. The van der Waals surface area contributed by atoms with E-state index in [-0.39, 0.29) is 11.5 Å². The van der Waals surface area contributed by atoms with E-state index in [0.29, 0.717) is 36.5 Å². The first-order valence-corrected chi connectivity index (χ1v) is 10.8. The number of carbonyl (C=O) groups is 2. The highest BCUT2D eigenvalue weighted by Gasteiger charge is 2.25. The minimum atomic E-state index is -0.471. The minimum absolute atomic E-state index is 0.216. The standard InChI is InChI=1S/C27H20F2N2O3/c28-21-5-1-3-18(13-21)26(32)30-23-9-7-17(8-10-23)25-15-20-16-31(12-11-24(20)34-25)27(33)19-4-2-6-22(29)14-19/h1-10,13-15H,11-12,16H2,(H,30,32). The number of carbonyl (C=O) groups excluding carboxylic acids is 2. The predicted molar refractivity (Wildman–Crippen MR) is 123 cm³/mol. The first-order valence-electron chi connectivity index (χ1n) is 10.8. The Labute approximate surface area is 194 Å². The van der Waals surface area contributed by atoms with Crippen LogP contribution in [0.2, 0.25) is 0 Å². The third-order valence-electron chi connectivity index (χ3n) is 5.74. The number of fused-ring (bicyclic) bond motifs is 1. The maximum absolute atomic E-state index is 13.5. The monoisotopic (exact) mass is 458 g/mol. The lowest BCUT2D eigenvalue weighted by molar-refractivity contribution is 0.0729. The van der Waals surface area contributed by atoms with E-state index in [1.165, 1.54) is 36.4 Å². The fraction of sp³-hybridized carbons (Fsp3) is 0.111. The molecule has 0 saturated heterocycles. The van der Waals surface area contributed by atoms with Gasteiger partial charge in [-0.25, -0.2) is 8.78 Å². The zero-order valence-electron chi connectivity index (χ0n) is 18.1. The molecule has 0 aliphatic carbocycles. The van der Waals surface area contributed by atoms with E-state index in [0.717, 1.165) is 16.9 Å². The fourth-order valence-electron chi connectivity index (χ4n) is 4.00. The Bertz CT molecular complexity index is 1380. The zero-order chi connectivity index (χ0) is 23.7. The predicted octanol–water partition coefficient (Wildman–Crippen LogP) is 5.68. The molecule has 170 valence electrons. The third-order valence-corrected chi connectivity index (χ3v) is 5.74. The van der Waals surface area contributed by atoms with Gasteiger partial charge in [-0.3, -0.25) is 9.59 Å². The molecule has 34 heavy (non-hydrogen) atoms. The van der Waals surface area contributed by atoms with Gasteiger partial charge in [-0.05, 0) is 66.7 Å². The molecule has 0 fully saturated rings. The Morgan fingerprint density at radius 2 is 1.53 bits per heavy atom. The largest absolute Gasteiger partial charge is 0.461 e. The van der Waals surface area contributed by atoms with Crippen LogP contribution in [0, 0.1) is 11.6 Å². The Morgan fingerprint density at radius 3 is 2.24 bits per heavy atom. The maximum Gasteiger partial charge on any atom is 0.255 e. The Morgan fingerprint density at radius 1 is 0.853 bits per heavy atom. The summed E-state index contributed by atoms with van der Waals surface area (Å²) in [5.74, 6) is -0.0457. The summed E-state index contributed by atoms with van der Waals surface area (Å²) in [4.78, 5) is 26.8. The van der Waals surface area contributed by atoms with Crippen LogP contribution in [0.1, 0.15) is 32.0 Å². The molecule has 0 unspecified atom stereocenters. The van der Waals surface area contributed by atoms with Gasteiger partial charge >= 0.3 is 0 Å². The molecule has 1 aliphatic heterocycles. The Balaban J connectivity index is 1.28. The van der Waals surface area contributed by atoms with Gasteiger partial charge in [0, 0.05) is 47.5 Å². The molecule has 3 aromatic carbocycles. The highest BCUT2D eigenvalue weighted by Crippen LogP contribution is 2.31. The summed E-state index contributed by atoms with van der Waals surface area (Å²) in [5.41, 5.74) is 2.86. The number of nitrogens with zero attached hydrogens (tertiary/aromatic N) is 1. The van der Waals surface area contributed by atoms with E-state index >= 15 is 0 Å². The van der Waals surface area contributed by atoms with Crippen molar-refractivity contribution in [3.63, 3.8) is 0 Å². The average Bonchev–Trinajstić information content (AvgIpc) is 3.27. The lowest BCUT2D eigenvalue weighted by atomic mass is 10.1. The van der Waals surface area contributed by atoms with Gasteiger partial charge < -0.3 is 14.6 Å². The molecule has 5 rings (SSSR count). The van der Waals surface area contributed by atoms with Crippen molar-refractivity contribution in [2.45, 2.75) is 13.0 Å². The van der Waals surface area contributed by atoms with Gasteiger partial charge in [0.15, 0.2) is 0 Å². The molecular weight excluding hydrogens is 438 g/mol. The summed E-state index contributed by atoms with van der Waals surface area (Å²) in [5, 5.41) is 2.74. The maximum atomic E-state index is 13.5. The Kier molecular flexibility index (Phi) is 5.67. The SMILES string of the molecule is O=C(Nc1ccc(-c2cc3c(o2)CCN(C(=O)c2cccc(F)c2)C3)cc1)c1cccc(F)c1. The van der Waals surface area contributed by atoms with Gasteiger partial charge in [-0.15, -0.1) is 0 Å². The van der Waals surface area contributed by atoms with Crippen LogP contribution in [0.15, 0.2) is 83.3 Å². The van der Waals surface area contributed by atoms with Crippen molar-refractivity contribution in [1.82, 2.24) is 4.90 Å². The number of rotatable bonds is 4. The quantitative estimate of drug-likeness (QED) is 0.428. The summed E-state index contributed by atoms with van der Waals surface area (Å²) in [6.07, 6.45) is 0.568. The van der Waals surface area contributed by atoms with Crippen LogP contribution in [0.5, 0.6) is 0 Å². The van der Waals surface area contributed by atoms with Gasteiger partial charge in [0.1, 0.15) is 23.2 Å². The number of amides is 2. The number of anilines is 1. The minimum Gasteiger partial charge on any atom is -0.461 e. The highest BCUT2D eigenvalue weighted by molar-refractivity contribution is 6.04. The average molecular weight is 458 g/mol. The van der Waals surface area contributed by atoms with Crippen molar-refractivity contribution < 1.29 is 22.8 Å². The molecule has 5 nitrogen and oxygen atoms in total. The smallest absolute Gasteiger partial charge is 0.255 e. The number of halogens is 2. The molecule has 2 amide bonds. The first-order chi connectivity index (χ1) is 16.5. The van der Waals surface area contributed by atoms with E-state index < -0.39 is 17.5 Å².